The van der Waals surface area contributed by atoms with E-state index in [9.17, 15) is 19.2 Å². The van der Waals surface area contributed by atoms with Crippen molar-refractivity contribution in [2.45, 2.75) is 90.0 Å². The lowest BCUT2D eigenvalue weighted by Gasteiger charge is -2.44. The Bertz CT molecular complexity index is 1380. The maximum atomic E-state index is 12.2. The number of esters is 4. The molecule has 236 valence electrons. The molecule has 2 saturated carbocycles. The van der Waals surface area contributed by atoms with Crippen molar-refractivity contribution in [1.29, 1.82) is 0 Å². The summed E-state index contributed by atoms with van der Waals surface area (Å²) < 4.78 is 34.4. The summed E-state index contributed by atoms with van der Waals surface area (Å²) in [6.07, 6.45) is -1.31. The van der Waals surface area contributed by atoms with E-state index in [0.29, 0.717) is 17.0 Å². The van der Waals surface area contributed by atoms with Gasteiger partial charge in [-0.1, -0.05) is 35.9 Å². The molecule has 1 saturated heterocycles. The number of carbonyl (C=O) groups excluding carboxylic acids is 4. The lowest BCUT2D eigenvalue weighted by atomic mass is 9.89. The minimum Gasteiger partial charge on any atom is -0.490 e. The standard InChI is InChI=1S/C33H37ClO10/c1-17(35)39-16-29-31(40-18(2)36)33(42-20(4)38)32(41-19(3)37)30(44-29)22-7-10-28(34)25(12-22)11-21-5-8-26(9-6-21)43-27-14-23-13-24(23)15-27/h5-10,12,23-24,27,29-33H,11,13-16H2,1-4H3/t23?,24?,27?,29-,30+,31-,32+,33+/m1/s1. The molecule has 11 heteroatoms. The van der Waals surface area contributed by atoms with Crippen LogP contribution in [0.2, 0.25) is 5.02 Å². The zero-order valence-electron chi connectivity index (χ0n) is 25.2. The van der Waals surface area contributed by atoms with Crippen molar-refractivity contribution in [3.05, 3.63) is 64.2 Å². The molecule has 0 aromatic heterocycles. The van der Waals surface area contributed by atoms with Crippen molar-refractivity contribution < 1.29 is 47.6 Å². The monoisotopic (exact) mass is 628 g/mol. The first-order valence-electron chi connectivity index (χ1n) is 14.8. The van der Waals surface area contributed by atoms with E-state index < -0.39 is 54.4 Å². The Morgan fingerprint density at radius 1 is 0.773 bits per heavy atom. The average Bonchev–Trinajstić information content (AvgIpc) is 3.56. The van der Waals surface area contributed by atoms with Gasteiger partial charge in [-0.15, -0.1) is 0 Å². The van der Waals surface area contributed by atoms with Crippen LogP contribution in [0.1, 0.15) is 69.8 Å². The van der Waals surface area contributed by atoms with Crippen LogP contribution in [0.4, 0.5) is 0 Å². The van der Waals surface area contributed by atoms with Gasteiger partial charge in [0.1, 0.15) is 24.6 Å². The maximum absolute atomic E-state index is 12.2. The van der Waals surface area contributed by atoms with Crippen LogP contribution in [0.25, 0.3) is 0 Å². The van der Waals surface area contributed by atoms with Crippen molar-refractivity contribution in [3.8, 4) is 5.75 Å². The second-order valence-corrected chi connectivity index (χ2v) is 12.2. The SMILES string of the molecule is CC(=O)OC[C@H]1O[C@@H](c2ccc(Cl)c(Cc3ccc(OC4CC5CC5C4)cc3)c2)[C@H](OC(C)=O)[C@@H](OC(C)=O)[C@@H]1OC(C)=O. The number of rotatable bonds is 10. The molecule has 0 amide bonds. The molecule has 1 aliphatic heterocycles. The molecule has 0 radical (unpaired) electrons. The average molecular weight is 629 g/mol. The Labute approximate surface area is 261 Å². The fraction of sp³-hybridized carbons (Fsp3) is 0.515. The summed E-state index contributed by atoms with van der Waals surface area (Å²) in [6.45, 7) is 4.51. The Balaban J connectivity index is 1.41. The zero-order chi connectivity index (χ0) is 31.5. The molecule has 10 nitrogen and oxygen atoms in total. The molecule has 0 spiro atoms. The Hall–Kier alpha value is -3.63. The van der Waals surface area contributed by atoms with Gasteiger partial charge in [0.15, 0.2) is 18.3 Å². The molecular formula is C33H37ClO10. The summed E-state index contributed by atoms with van der Waals surface area (Å²) in [5, 5.41) is 0.518. The zero-order valence-corrected chi connectivity index (χ0v) is 25.9. The van der Waals surface area contributed by atoms with Gasteiger partial charge >= 0.3 is 23.9 Å². The molecule has 5 rings (SSSR count). The summed E-state index contributed by atoms with van der Waals surface area (Å²) >= 11 is 6.62. The van der Waals surface area contributed by atoms with Gasteiger partial charge in [-0.3, -0.25) is 19.2 Å². The van der Waals surface area contributed by atoms with E-state index in [1.54, 1.807) is 12.1 Å². The molecule has 2 aliphatic carbocycles. The first-order valence-corrected chi connectivity index (χ1v) is 15.2. The molecule has 2 aromatic carbocycles. The van der Waals surface area contributed by atoms with Crippen molar-refractivity contribution in [1.82, 2.24) is 0 Å². The van der Waals surface area contributed by atoms with Gasteiger partial charge in [-0.2, -0.15) is 0 Å². The Morgan fingerprint density at radius 2 is 1.39 bits per heavy atom. The van der Waals surface area contributed by atoms with Crippen LogP contribution in [0.5, 0.6) is 5.75 Å². The highest BCUT2D eigenvalue weighted by molar-refractivity contribution is 6.31. The lowest BCUT2D eigenvalue weighted by molar-refractivity contribution is -0.254. The summed E-state index contributed by atoms with van der Waals surface area (Å²) in [4.78, 5) is 48.1. The molecular weight excluding hydrogens is 592 g/mol. The van der Waals surface area contributed by atoms with E-state index in [0.717, 1.165) is 41.6 Å². The molecule has 3 aliphatic rings. The summed E-state index contributed by atoms with van der Waals surface area (Å²) in [5.41, 5.74) is 2.36. The van der Waals surface area contributed by atoms with E-state index in [1.165, 1.54) is 34.1 Å². The largest absolute Gasteiger partial charge is 0.490 e. The predicted molar refractivity (Wildman–Crippen MR) is 157 cm³/mol. The van der Waals surface area contributed by atoms with Crippen LogP contribution in [0.3, 0.4) is 0 Å². The Kier molecular flexibility index (Phi) is 9.80. The third kappa shape index (κ3) is 7.90. The quantitative estimate of drug-likeness (QED) is 0.265. The van der Waals surface area contributed by atoms with Gasteiger partial charge < -0.3 is 28.4 Å². The Morgan fingerprint density at radius 3 is 2.00 bits per heavy atom. The molecule has 0 bridgehead atoms. The van der Waals surface area contributed by atoms with Gasteiger partial charge in [0.05, 0.1) is 6.10 Å². The molecule has 0 N–H and O–H groups in total. The third-order valence-corrected chi connectivity index (χ3v) is 8.58. The number of hydrogen-bond acceptors (Lipinski definition) is 10. The lowest BCUT2D eigenvalue weighted by Crippen LogP contribution is -2.59. The van der Waals surface area contributed by atoms with E-state index in [-0.39, 0.29) is 12.7 Å². The van der Waals surface area contributed by atoms with E-state index in [2.05, 4.69) is 0 Å². The second-order valence-electron chi connectivity index (χ2n) is 11.8. The van der Waals surface area contributed by atoms with Crippen LogP contribution < -0.4 is 4.74 Å². The summed E-state index contributed by atoms with van der Waals surface area (Å²) in [6, 6.07) is 13.2. The number of hydrogen-bond donors (Lipinski definition) is 0. The molecule has 2 aromatic rings. The number of halogens is 1. The second kappa shape index (κ2) is 13.6. The van der Waals surface area contributed by atoms with E-state index in [4.69, 9.17) is 40.0 Å². The van der Waals surface area contributed by atoms with Gasteiger partial charge in [0.2, 0.25) is 0 Å². The van der Waals surface area contributed by atoms with Gasteiger partial charge in [-0.05, 0) is 72.4 Å². The highest BCUT2D eigenvalue weighted by Crippen LogP contribution is 2.52. The topological polar surface area (TPSA) is 124 Å². The number of ether oxygens (including phenoxy) is 6. The molecule has 2 unspecified atom stereocenters. The van der Waals surface area contributed by atoms with Gasteiger partial charge in [-0.25, -0.2) is 0 Å². The van der Waals surface area contributed by atoms with Crippen molar-refractivity contribution >= 4 is 35.5 Å². The molecule has 7 atom stereocenters. The van der Waals surface area contributed by atoms with Crippen molar-refractivity contribution in [2.75, 3.05) is 6.61 Å². The fourth-order valence-electron chi connectivity index (χ4n) is 6.26. The maximum Gasteiger partial charge on any atom is 0.303 e. The number of carbonyl (C=O) groups is 4. The van der Waals surface area contributed by atoms with Gasteiger partial charge in [0.25, 0.3) is 0 Å². The fourth-order valence-corrected chi connectivity index (χ4v) is 6.44. The minimum absolute atomic E-state index is 0.289. The minimum atomic E-state index is -1.25. The van der Waals surface area contributed by atoms with Crippen LogP contribution in [-0.2, 0) is 49.3 Å². The van der Waals surface area contributed by atoms with Gasteiger partial charge in [0, 0.05) is 32.7 Å². The van der Waals surface area contributed by atoms with Crippen LogP contribution in [-0.4, -0.2) is 61.0 Å². The first-order chi connectivity index (χ1) is 21.0. The van der Waals surface area contributed by atoms with Crippen molar-refractivity contribution in [2.24, 2.45) is 11.8 Å². The van der Waals surface area contributed by atoms with Crippen LogP contribution in [0, 0.1) is 11.8 Å². The van der Waals surface area contributed by atoms with Crippen molar-refractivity contribution in [3.63, 3.8) is 0 Å². The number of fused-ring (bicyclic) bond motifs is 1. The van der Waals surface area contributed by atoms with Crippen LogP contribution in [0.15, 0.2) is 42.5 Å². The normalized spacial score (nSPS) is 28.8. The highest BCUT2D eigenvalue weighted by atomic mass is 35.5. The highest BCUT2D eigenvalue weighted by Gasteiger charge is 2.52. The van der Waals surface area contributed by atoms with E-state index >= 15 is 0 Å². The molecule has 44 heavy (non-hydrogen) atoms. The first kappa shape index (κ1) is 31.8. The van der Waals surface area contributed by atoms with Crippen LogP contribution >= 0.6 is 11.6 Å². The summed E-state index contributed by atoms with van der Waals surface area (Å²) in [7, 11) is 0. The number of benzene rings is 2. The molecule has 3 fully saturated rings. The summed E-state index contributed by atoms with van der Waals surface area (Å²) in [5.74, 6) is -0.0850. The molecule has 1 heterocycles. The van der Waals surface area contributed by atoms with E-state index in [1.807, 2.05) is 30.3 Å². The smallest absolute Gasteiger partial charge is 0.303 e. The third-order valence-electron chi connectivity index (χ3n) is 8.21. The predicted octanol–water partition coefficient (Wildman–Crippen LogP) is 4.91.